The molecule has 2 fully saturated rings. The van der Waals surface area contributed by atoms with Crippen LogP contribution < -0.4 is 0 Å². The minimum Gasteiger partial charge on any atom is -0.468 e. The summed E-state index contributed by atoms with van der Waals surface area (Å²) in [7, 11) is -1.49. The van der Waals surface area contributed by atoms with Gasteiger partial charge in [0.2, 0.25) is 10.0 Å². The monoisotopic (exact) mass is 392 g/mol. The van der Waals surface area contributed by atoms with Gasteiger partial charge in [-0.25, -0.2) is 12.8 Å². The van der Waals surface area contributed by atoms with Crippen molar-refractivity contribution in [1.29, 1.82) is 0 Å². The summed E-state index contributed by atoms with van der Waals surface area (Å²) >= 11 is 0. The molecule has 0 spiro atoms. The van der Waals surface area contributed by atoms with Crippen LogP contribution in [0.5, 0.6) is 0 Å². The minimum absolute atomic E-state index is 0.169. The molecule has 5 nitrogen and oxygen atoms in total. The van der Waals surface area contributed by atoms with Gasteiger partial charge in [-0.05, 0) is 68.1 Å². The van der Waals surface area contributed by atoms with Gasteiger partial charge >= 0.3 is 0 Å². The van der Waals surface area contributed by atoms with Crippen LogP contribution in [0.25, 0.3) is 0 Å². The van der Waals surface area contributed by atoms with E-state index in [1.807, 2.05) is 12.1 Å². The number of hydrogen-bond acceptors (Lipinski definition) is 4. The van der Waals surface area contributed by atoms with Gasteiger partial charge in [0.25, 0.3) is 0 Å². The predicted octanol–water partition coefficient (Wildman–Crippen LogP) is 3.34. The van der Waals surface area contributed by atoms with Crippen molar-refractivity contribution in [1.82, 2.24) is 9.21 Å². The van der Waals surface area contributed by atoms with Crippen LogP contribution in [0.15, 0.2) is 52.0 Å². The quantitative estimate of drug-likeness (QED) is 0.783. The summed E-state index contributed by atoms with van der Waals surface area (Å²) < 4.78 is 46.2. The van der Waals surface area contributed by atoms with Gasteiger partial charge in [-0.2, -0.15) is 4.31 Å². The summed E-state index contributed by atoms with van der Waals surface area (Å²) in [6.07, 6.45) is 4.92. The molecule has 0 unspecified atom stereocenters. The van der Waals surface area contributed by atoms with Crippen LogP contribution in [-0.2, 0) is 16.6 Å². The normalized spacial score (nSPS) is 26.4. The van der Waals surface area contributed by atoms with Crippen LogP contribution in [0.4, 0.5) is 4.39 Å². The number of furan rings is 1. The van der Waals surface area contributed by atoms with E-state index >= 15 is 0 Å². The van der Waals surface area contributed by atoms with Crippen molar-refractivity contribution in [2.75, 3.05) is 20.1 Å². The fourth-order valence-electron chi connectivity index (χ4n) is 4.66. The Morgan fingerprint density at radius 2 is 1.96 bits per heavy atom. The second kappa shape index (κ2) is 7.37. The van der Waals surface area contributed by atoms with Crippen molar-refractivity contribution in [2.45, 2.75) is 36.7 Å². The first-order valence-corrected chi connectivity index (χ1v) is 10.9. The van der Waals surface area contributed by atoms with Gasteiger partial charge in [0, 0.05) is 19.1 Å². The third-order valence-corrected chi connectivity index (χ3v) is 7.88. The number of sulfonamides is 1. The van der Waals surface area contributed by atoms with Crippen LogP contribution in [0.1, 0.15) is 25.0 Å². The van der Waals surface area contributed by atoms with Crippen LogP contribution in [0.2, 0.25) is 0 Å². The lowest BCUT2D eigenvalue weighted by Gasteiger charge is -2.38. The van der Waals surface area contributed by atoms with Crippen LogP contribution in [0.3, 0.4) is 0 Å². The van der Waals surface area contributed by atoms with Crippen molar-refractivity contribution >= 4 is 10.0 Å². The van der Waals surface area contributed by atoms with Gasteiger partial charge in [-0.3, -0.25) is 4.90 Å². The topological polar surface area (TPSA) is 53.8 Å². The number of fused-ring (bicyclic) bond motifs is 1. The Morgan fingerprint density at radius 3 is 2.67 bits per heavy atom. The van der Waals surface area contributed by atoms with E-state index in [4.69, 9.17) is 4.42 Å². The molecular formula is C20H25FN2O3S. The largest absolute Gasteiger partial charge is 0.468 e. The highest BCUT2D eigenvalue weighted by Gasteiger charge is 2.45. The molecule has 3 atom stereocenters. The Morgan fingerprint density at radius 1 is 1.19 bits per heavy atom. The second-order valence-corrected chi connectivity index (χ2v) is 9.63. The summed E-state index contributed by atoms with van der Waals surface area (Å²) in [5.74, 6) is 1.18. The SMILES string of the molecule is CN(Cc1ccco1)[C@@H]1CCC[C@@H]2CN(S(=O)(=O)c3ccc(F)cc3)C[C@H]21. The Labute approximate surface area is 159 Å². The maximum absolute atomic E-state index is 13.2. The average Bonchev–Trinajstić information content (AvgIpc) is 3.31. The van der Waals surface area contributed by atoms with Crippen molar-refractivity contribution in [3.8, 4) is 0 Å². The maximum atomic E-state index is 13.2. The Balaban J connectivity index is 1.51. The molecule has 1 saturated carbocycles. The Bertz CT molecular complexity index is 867. The molecule has 1 aromatic heterocycles. The fraction of sp³-hybridized carbons (Fsp3) is 0.500. The van der Waals surface area contributed by atoms with E-state index in [1.54, 1.807) is 10.6 Å². The summed E-state index contributed by atoms with van der Waals surface area (Å²) in [6.45, 7) is 1.80. The van der Waals surface area contributed by atoms with Crippen molar-refractivity contribution in [2.24, 2.45) is 11.8 Å². The molecule has 1 saturated heterocycles. The zero-order valence-corrected chi connectivity index (χ0v) is 16.2. The number of rotatable bonds is 5. The first-order chi connectivity index (χ1) is 12.9. The van der Waals surface area contributed by atoms with Crippen LogP contribution >= 0.6 is 0 Å². The molecule has 7 heteroatoms. The molecule has 1 aromatic carbocycles. The van der Waals surface area contributed by atoms with E-state index in [1.165, 1.54) is 24.3 Å². The first kappa shape index (κ1) is 18.7. The van der Waals surface area contributed by atoms with Crippen molar-refractivity contribution in [3.05, 3.63) is 54.2 Å². The van der Waals surface area contributed by atoms with Gasteiger partial charge in [-0.15, -0.1) is 0 Å². The fourth-order valence-corrected chi connectivity index (χ4v) is 6.20. The van der Waals surface area contributed by atoms with Crippen molar-refractivity contribution < 1.29 is 17.2 Å². The van der Waals surface area contributed by atoms with E-state index in [-0.39, 0.29) is 4.90 Å². The minimum atomic E-state index is -3.58. The number of hydrogen-bond donors (Lipinski definition) is 0. The van der Waals surface area contributed by atoms with Gasteiger partial charge in [0.15, 0.2) is 0 Å². The zero-order valence-electron chi connectivity index (χ0n) is 15.4. The summed E-state index contributed by atoms with van der Waals surface area (Å²) in [5, 5.41) is 0. The summed E-state index contributed by atoms with van der Waals surface area (Å²) in [5.41, 5.74) is 0. The lowest BCUT2D eigenvalue weighted by atomic mass is 9.77. The molecule has 0 bridgehead atoms. The highest BCUT2D eigenvalue weighted by Crippen LogP contribution is 2.40. The predicted molar refractivity (Wildman–Crippen MR) is 100.0 cm³/mol. The van der Waals surface area contributed by atoms with E-state index in [0.29, 0.717) is 31.0 Å². The molecule has 146 valence electrons. The molecule has 0 radical (unpaired) electrons. The molecule has 2 heterocycles. The van der Waals surface area contributed by atoms with Crippen LogP contribution in [-0.4, -0.2) is 43.8 Å². The molecule has 2 aromatic rings. The molecule has 4 rings (SSSR count). The highest BCUT2D eigenvalue weighted by molar-refractivity contribution is 7.89. The molecule has 1 aliphatic heterocycles. The molecule has 2 aliphatic rings. The third kappa shape index (κ3) is 3.68. The van der Waals surface area contributed by atoms with Gasteiger partial charge in [0.1, 0.15) is 11.6 Å². The maximum Gasteiger partial charge on any atom is 0.243 e. The number of benzene rings is 1. The highest BCUT2D eigenvalue weighted by atomic mass is 32.2. The Kier molecular flexibility index (Phi) is 5.09. The van der Waals surface area contributed by atoms with Crippen LogP contribution in [0, 0.1) is 17.7 Å². The zero-order chi connectivity index (χ0) is 19.0. The molecule has 0 N–H and O–H groups in total. The average molecular weight is 392 g/mol. The van der Waals surface area contributed by atoms with Gasteiger partial charge in [-0.1, -0.05) is 6.42 Å². The number of halogens is 1. The van der Waals surface area contributed by atoms with Gasteiger partial charge in [0.05, 0.1) is 17.7 Å². The second-order valence-electron chi connectivity index (χ2n) is 7.69. The lowest BCUT2D eigenvalue weighted by Crippen LogP contribution is -2.43. The van der Waals surface area contributed by atoms with E-state index < -0.39 is 15.8 Å². The molecule has 0 amide bonds. The van der Waals surface area contributed by atoms with Gasteiger partial charge < -0.3 is 4.42 Å². The third-order valence-electron chi connectivity index (χ3n) is 6.03. The smallest absolute Gasteiger partial charge is 0.243 e. The first-order valence-electron chi connectivity index (χ1n) is 9.43. The standard InChI is InChI=1S/C20H25FN2O3S/c1-22(13-17-5-3-11-26-17)20-6-2-4-15-12-23(14-19(15)20)27(24,25)18-9-7-16(21)8-10-18/h3,5,7-11,15,19-20H,2,4,6,12-14H2,1H3/t15-,19-,20-/m1/s1. The van der Waals surface area contributed by atoms with Crippen molar-refractivity contribution in [3.63, 3.8) is 0 Å². The lowest BCUT2D eigenvalue weighted by molar-refractivity contribution is 0.0999. The summed E-state index contributed by atoms with van der Waals surface area (Å²) in [6, 6.07) is 9.31. The summed E-state index contributed by atoms with van der Waals surface area (Å²) in [4.78, 5) is 2.46. The molecule has 27 heavy (non-hydrogen) atoms. The Hall–Kier alpha value is -1.70. The molecular weight excluding hydrogens is 367 g/mol. The number of nitrogens with zero attached hydrogens (tertiary/aromatic N) is 2. The van der Waals surface area contributed by atoms with E-state index in [0.717, 1.165) is 31.6 Å². The van der Waals surface area contributed by atoms with E-state index in [9.17, 15) is 12.8 Å². The van der Waals surface area contributed by atoms with E-state index in [2.05, 4.69) is 11.9 Å². The molecule has 1 aliphatic carbocycles.